The molecule has 2 aromatic heterocycles. The maximum atomic E-state index is 5.52. The molecule has 0 aliphatic carbocycles. The number of thioether (sulfide) groups is 1. The average molecular weight is 291 g/mol. The molecule has 3 heterocycles. The first-order chi connectivity index (χ1) is 9.38. The first-order valence-corrected chi connectivity index (χ1v) is 8.16. The van der Waals surface area contributed by atoms with E-state index in [9.17, 15) is 0 Å². The number of hydrogen-bond donors (Lipinski definition) is 0. The minimum atomic E-state index is 0.378. The van der Waals surface area contributed by atoms with Gasteiger partial charge in [0.2, 0.25) is 5.88 Å². The second kappa shape index (κ2) is 5.84. The predicted octanol–water partition coefficient (Wildman–Crippen LogP) is 4.61. The van der Waals surface area contributed by atoms with E-state index in [2.05, 4.69) is 23.0 Å². The number of hydrogen-bond acceptors (Lipinski definition) is 5. The van der Waals surface area contributed by atoms with Gasteiger partial charge in [-0.3, -0.25) is 9.88 Å². The molecular formula is C14H15N2OS2. The predicted molar refractivity (Wildman–Crippen MR) is 80.9 cm³/mol. The molecule has 3 nitrogen and oxygen atoms in total. The summed E-state index contributed by atoms with van der Waals surface area (Å²) in [4.78, 5) is 8.61. The van der Waals surface area contributed by atoms with Gasteiger partial charge in [-0.15, -0.1) is 11.3 Å². The number of unbranched alkanes of at least 4 members (excludes halogenated alkanes) is 1. The summed E-state index contributed by atoms with van der Waals surface area (Å²) in [5, 5.41) is 0.378. The number of anilines is 1. The van der Waals surface area contributed by atoms with Crippen LogP contribution in [0.1, 0.15) is 31.1 Å². The van der Waals surface area contributed by atoms with Crippen LogP contribution in [-0.4, -0.2) is 10.4 Å². The summed E-state index contributed by atoms with van der Waals surface area (Å²) in [6.45, 7) is 2.22. The van der Waals surface area contributed by atoms with Gasteiger partial charge in [-0.25, -0.2) is 0 Å². The van der Waals surface area contributed by atoms with Crippen LogP contribution in [0.5, 0.6) is 0 Å². The van der Waals surface area contributed by atoms with Crippen molar-refractivity contribution in [1.29, 1.82) is 0 Å². The van der Waals surface area contributed by atoms with E-state index in [4.69, 9.17) is 4.42 Å². The normalized spacial score (nSPS) is 18.9. The summed E-state index contributed by atoms with van der Waals surface area (Å²) in [6.07, 6.45) is 10.6. The molecule has 1 unspecified atom stereocenters. The van der Waals surface area contributed by atoms with Gasteiger partial charge < -0.3 is 4.42 Å². The first kappa shape index (κ1) is 12.8. The average Bonchev–Trinajstić information content (AvgIpc) is 3.14. The summed E-state index contributed by atoms with van der Waals surface area (Å²) >= 11 is 3.51. The lowest BCUT2D eigenvalue weighted by Gasteiger charge is -2.21. The standard InChI is InChI=1S/C14H15N2OS2/c1-2-3-6-14-16(13-5-4-7-17-13)9-12(19-14)11-8-15-10-18-11/h4-5,7-8,10,14H,2-3,6H2,1H3. The molecular weight excluding hydrogens is 276 g/mol. The second-order valence-corrected chi connectivity index (χ2v) is 6.42. The molecule has 2 aromatic rings. The lowest BCUT2D eigenvalue weighted by atomic mass is 10.2. The molecule has 0 spiro atoms. The Hall–Kier alpha value is -1.20. The molecule has 0 N–H and O–H groups in total. The SMILES string of the molecule is CCCCC1SC(c2cncs2)=[C]N1c1ccco1. The summed E-state index contributed by atoms with van der Waals surface area (Å²) in [5.74, 6) is 0.869. The Morgan fingerprint density at radius 1 is 1.53 bits per heavy atom. The molecule has 5 heteroatoms. The van der Waals surface area contributed by atoms with Crippen LogP contribution in [0.4, 0.5) is 5.88 Å². The van der Waals surface area contributed by atoms with E-state index >= 15 is 0 Å². The van der Waals surface area contributed by atoms with E-state index < -0.39 is 0 Å². The summed E-state index contributed by atoms with van der Waals surface area (Å²) in [7, 11) is 0. The Labute approximate surface area is 121 Å². The van der Waals surface area contributed by atoms with Crippen molar-refractivity contribution in [2.45, 2.75) is 31.6 Å². The summed E-state index contributed by atoms with van der Waals surface area (Å²) in [5.41, 5.74) is 1.86. The quantitative estimate of drug-likeness (QED) is 0.804. The largest absolute Gasteiger partial charge is 0.448 e. The topological polar surface area (TPSA) is 29.3 Å². The summed E-state index contributed by atoms with van der Waals surface area (Å²) in [6, 6.07) is 3.91. The van der Waals surface area contributed by atoms with Gasteiger partial charge in [0.25, 0.3) is 0 Å². The van der Waals surface area contributed by atoms with Crippen LogP contribution >= 0.6 is 23.1 Å². The van der Waals surface area contributed by atoms with Crippen molar-refractivity contribution >= 4 is 33.9 Å². The highest BCUT2D eigenvalue weighted by Gasteiger charge is 2.29. The van der Waals surface area contributed by atoms with E-state index in [0.717, 1.165) is 12.3 Å². The van der Waals surface area contributed by atoms with Crippen LogP contribution in [0, 0.1) is 6.20 Å². The molecule has 1 radical (unpaired) electrons. The van der Waals surface area contributed by atoms with Crippen LogP contribution < -0.4 is 4.90 Å². The van der Waals surface area contributed by atoms with Gasteiger partial charge in [-0.1, -0.05) is 31.5 Å². The van der Waals surface area contributed by atoms with Crippen molar-refractivity contribution in [2.75, 3.05) is 4.90 Å². The molecule has 99 valence electrons. The molecule has 1 atom stereocenters. The maximum absolute atomic E-state index is 5.52. The van der Waals surface area contributed by atoms with Gasteiger partial charge >= 0.3 is 0 Å². The molecule has 1 aliphatic heterocycles. The zero-order chi connectivity index (χ0) is 13.1. The number of rotatable bonds is 5. The smallest absolute Gasteiger partial charge is 0.200 e. The number of aromatic nitrogens is 1. The highest BCUT2D eigenvalue weighted by molar-refractivity contribution is 8.09. The van der Waals surface area contributed by atoms with Crippen LogP contribution in [-0.2, 0) is 0 Å². The van der Waals surface area contributed by atoms with E-state index in [1.54, 1.807) is 17.6 Å². The van der Waals surface area contributed by atoms with Gasteiger partial charge in [0.15, 0.2) is 0 Å². The zero-order valence-electron chi connectivity index (χ0n) is 10.7. The van der Waals surface area contributed by atoms with Crippen molar-refractivity contribution in [2.24, 2.45) is 0 Å². The van der Waals surface area contributed by atoms with Gasteiger partial charge in [0, 0.05) is 12.3 Å². The third-order valence-electron chi connectivity index (χ3n) is 2.97. The Morgan fingerprint density at radius 3 is 3.16 bits per heavy atom. The van der Waals surface area contributed by atoms with Crippen LogP contribution in [0.2, 0.25) is 0 Å². The van der Waals surface area contributed by atoms with Crippen molar-refractivity contribution in [3.05, 3.63) is 41.2 Å². The van der Waals surface area contributed by atoms with Gasteiger partial charge in [-0.05, 0) is 12.5 Å². The Kier molecular flexibility index (Phi) is 3.94. The highest BCUT2D eigenvalue weighted by atomic mass is 32.2. The minimum Gasteiger partial charge on any atom is -0.448 e. The van der Waals surface area contributed by atoms with Gasteiger partial charge in [-0.2, -0.15) is 0 Å². The molecule has 0 fully saturated rings. The number of thiazole rings is 1. The van der Waals surface area contributed by atoms with E-state index in [1.165, 1.54) is 22.6 Å². The summed E-state index contributed by atoms with van der Waals surface area (Å²) < 4.78 is 5.52. The van der Waals surface area contributed by atoms with Gasteiger partial charge in [0.05, 0.1) is 33.1 Å². The zero-order valence-corrected chi connectivity index (χ0v) is 12.3. The van der Waals surface area contributed by atoms with Crippen LogP contribution in [0.3, 0.4) is 0 Å². The maximum Gasteiger partial charge on any atom is 0.200 e. The van der Waals surface area contributed by atoms with Gasteiger partial charge in [0.1, 0.15) is 0 Å². The fourth-order valence-corrected chi connectivity index (χ4v) is 3.95. The molecule has 3 rings (SSSR count). The molecule has 0 bridgehead atoms. The Bertz CT molecular complexity index is 534. The monoisotopic (exact) mass is 291 g/mol. The van der Waals surface area contributed by atoms with Crippen LogP contribution in [0.15, 0.2) is 34.5 Å². The first-order valence-electron chi connectivity index (χ1n) is 6.40. The van der Waals surface area contributed by atoms with Crippen molar-refractivity contribution in [3.63, 3.8) is 0 Å². The Morgan fingerprint density at radius 2 is 2.47 bits per heavy atom. The number of furan rings is 1. The fourth-order valence-electron chi connectivity index (χ4n) is 2.01. The fraction of sp³-hybridized carbons (Fsp3) is 0.357. The minimum absolute atomic E-state index is 0.378. The molecule has 0 saturated carbocycles. The van der Waals surface area contributed by atoms with Crippen molar-refractivity contribution in [1.82, 2.24) is 4.98 Å². The Balaban J connectivity index is 1.83. The lowest BCUT2D eigenvalue weighted by Crippen LogP contribution is -2.23. The van der Waals surface area contributed by atoms with E-state index in [1.807, 2.05) is 35.6 Å². The third kappa shape index (κ3) is 2.72. The molecule has 0 aromatic carbocycles. The highest BCUT2D eigenvalue weighted by Crippen LogP contribution is 2.44. The molecule has 0 amide bonds. The third-order valence-corrected chi connectivity index (χ3v) is 5.15. The molecule has 0 saturated heterocycles. The second-order valence-electron chi connectivity index (χ2n) is 4.34. The molecule has 1 aliphatic rings. The van der Waals surface area contributed by atoms with E-state index in [-0.39, 0.29) is 0 Å². The van der Waals surface area contributed by atoms with Crippen molar-refractivity contribution in [3.8, 4) is 0 Å². The molecule has 19 heavy (non-hydrogen) atoms. The van der Waals surface area contributed by atoms with Crippen LogP contribution in [0.25, 0.3) is 4.91 Å². The van der Waals surface area contributed by atoms with E-state index in [0.29, 0.717) is 5.37 Å². The number of nitrogens with zero attached hydrogens (tertiary/aromatic N) is 2. The lowest BCUT2D eigenvalue weighted by molar-refractivity contribution is 0.547. The van der Waals surface area contributed by atoms with Crippen molar-refractivity contribution < 1.29 is 4.42 Å².